The van der Waals surface area contributed by atoms with Crippen LogP contribution in [0.15, 0.2) is 72.8 Å². The first-order valence-corrected chi connectivity index (χ1v) is 12.0. The summed E-state index contributed by atoms with van der Waals surface area (Å²) in [5.74, 6) is 0. The summed E-state index contributed by atoms with van der Waals surface area (Å²) in [7, 11) is 0. The van der Waals surface area contributed by atoms with E-state index < -0.39 is 0 Å². The molecule has 0 spiro atoms. The molecule has 1 aromatic heterocycles. The number of rotatable bonds is 0. The van der Waals surface area contributed by atoms with Gasteiger partial charge in [0.05, 0.1) is 0 Å². The number of hydrogen-bond acceptors (Lipinski definition) is 1. The van der Waals surface area contributed by atoms with Crippen molar-refractivity contribution in [3.63, 3.8) is 0 Å². The lowest BCUT2D eigenvalue weighted by Gasteiger charge is -2.03. The highest BCUT2D eigenvalue weighted by atomic mass is 32.1. The maximum Gasteiger partial charge on any atom is 0.0362 e. The predicted molar refractivity (Wildman–Crippen MR) is 140 cm³/mol. The Labute approximate surface area is 181 Å². The molecule has 4 aromatic carbocycles. The molecule has 29 heavy (non-hydrogen) atoms. The predicted octanol–water partition coefficient (Wildman–Crippen LogP) is 10.5. The van der Waals surface area contributed by atoms with Crippen molar-refractivity contribution in [2.24, 2.45) is 0 Å². The van der Waals surface area contributed by atoms with Crippen molar-refractivity contribution >= 4 is 53.1 Å². The van der Waals surface area contributed by atoms with Gasteiger partial charge in [0.2, 0.25) is 0 Å². The van der Waals surface area contributed by atoms with Gasteiger partial charge in [-0.05, 0) is 33.7 Å². The van der Waals surface area contributed by atoms with Gasteiger partial charge in [-0.25, -0.2) is 0 Å². The van der Waals surface area contributed by atoms with Gasteiger partial charge in [0, 0.05) is 20.2 Å². The van der Waals surface area contributed by atoms with Gasteiger partial charge in [-0.2, -0.15) is 0 Å². The summed E-state index contributed by atoms with van der Waals surface area (Å²) in [5, 5.41) is 8.17. The Morgan fingerprint density at radius 1 is 0.414 bits per heavy atom. The summed E-state index contributed by atoms with van der Waals surface area (Å²) >= 11 is 1.89. The molecular formula is C28H36S. The van der Waals surface area contributed by atoms with Crippen molar-refractivity contribution in [1.29, 1.82) is 0 Å². The zero-order valence-corrected chi connectivity index (χ0v) is 20.2. The fourth-order valence-corrected chi connectivity index (χ4v) is 4.44. The fraction of sp³-hybridized carbons (Fsp3) is 0.286. The third-order valence-corrected chi connectivity index (χ3v) is 5.37. The van der Waals surface area contributed by atoms with Gasteiger partial charge in [0.15, 0.2) is 0 Å². The SMILES string of the molecule is CC.CC.CC.CC.c1ccc2c(c1)ccc1sc3ccc4ccccc4c3c12. The molecule has 0 N–H and O–H groups in total. The lowest BCUT2D eigenvalue weighted by Crippen LogP contribution is -1.76. The van der Waals surface area contributed by atoms with E-state index in [2.05, 4.69) is 72.8 Å². The summed E-state index contributed by atoms with van der Waals surface area (Å²) in [4.78, 5) is 0. The van der Waals surface area contributed by atoms with Crippen LogP contribution in [0.2, 0.25) is 0 Å². The largest absolute Gasteiger partial charge is 0.135 e. The Bertz CT molecular complexity index is 1040. The van der Waals surface area contributed by atoms with Crippen LogP contribution in [0.3, 0.4) is 0 Å². The average molecular weight is 405 g/mol. The Hall–Kier alpha value is -2.38. The van der Waals surface area contributed by atoms with E-state index in [1.54, 1.807) is 0 Å². The first-order valence-electron chi connectivity index (χ1n) is 11.1. The molecule has 154 valence electrons. The van der Waals surface area contributed by atoms with E-state index in [9.17, 15) is 0 Å². The Balaban J connectivity index is 0.000000475. The smallest absolute Gasteiger partial charge is 0.0362 e. The topological polar surface area (TPSA) is 0 Å². The van der Waals surface area contributed by atoms with Gasteiger partial charge in [0.1, 0.15) is 0 Å². The molecule has 1 heteroatoms. The minimum atomic E-state index is 1.32. The van der Waals surface area contributed by atoms with Crippen molar-refractivity contribution in [3.8, 4) is 0 Å². The van der Waals surface area contributed by atoms with E-state index >= 15 is 0 Å². The van der Waals surface area contributed by atoms with Gasteiger partial charge in [0.25, 0.3) is 0 Å². The lowest BCUT2D eigenvalue weighted by molar-refractivity contribution is 1.50. The van der Waals surface area contributed by atoms with Crippen molar-refractivity contribution in [3.05, 3.63) is 72.8 Å². The molecule has 0 unspecified atom stereocenters. The molecule has 0 atom stereocenters. The van der Waals surface area contributed by atoms with Crippen LogP contribution in [0, 0.1) is 0 Å². The normalized spacial score (nSPS) is 9.38. The minimum Gasteiger partial charge on any atom is -0.135 e. The summed E-state index contributed by atoms with van der Waals surface area (Å²) < 4.78 is 2.75. The van der Waals surface area contributed by atoms with E-state index in [-0.39, 0.29) is 0 Å². The Morgan fingerprint density at radius 3 is 1.14 bits per heavy atom. The number of hydrogen-bond donors (Lipinski definition) is 0. The van der Waals surface area contributed by atoms with Gasteiger partial charge in [-0.3, -0.25) is 0 Å². The molecular weight excluding hydrogens is 368 g/mol. The highest BCUT2D eigenvalue weighted by Crippen LogP contribution is 2.41. The quantitative estimate of drug-likeness (QED) is 0.241. The van der Waals surface area contributed by atoms with Crippen LogP contribution in [0.5, 0.6) is 0 Å². The second-order valence-corrected chi connectivity index (χ2v) is 6.51. The van der Waals surface area contributed by atoms with Gasteiger partial charge < -0.3 is 0 Å². The summed E-state index contributed by atoms with van der Waals surface area (Å²) in [6.07, 6.45) is 0. The molecule has 0 aliphatic heterocycles. The van der Waals surface area contributed by atoms with Gasteiger partial charge >= 0.3 is 0 Å². The van der Waals surface area contributed by atoms with Crippen LogP contribution in [0.4, 0.5) is 0 Å². The van der Waals surface area contributed by atoms with E-state index in [4.69, 9.17) is 0 Å². The maximum absolute atomic E-state index is 2.26. The molecule has 0 amide bonds. The van der Waals surface area contributed by atoms with E-state index in [1.165, 1.54) is 41.7 Å². The molecule has 0 bridgehead atoms. The van der Waals surface area contributed by atoms with E-state index in [1.807, 2.05) is 66.7 Å². The molecule has 0 nitrogen and oxygen atoms in total. The highest BCUT2D eigenvalue weighted by Gasteiger charge is 2.11. The molecule has 1 heterocycles. The van der Waals surface area contributed by atoms with Crippen LogP contribution >= 0.6 is 11.3 Å². The highest BCUT2D eigenvalue weighted by molar-refractivity contribution is 7.26. The van der Waals surface area contributed by atoms with Crippen LogP contribution in [0.25, 0.3) is 41.7 Å². The molecule has 0 saturated carbocycles. The second-order valence-electron chi connectivity index (χ2n) is 5.42. The van der Waals surface area contributed by atoms with E-state index in [0.717, 1.165) is 0 Å². The van der Waals surface area contributed by atoms with Gasteiger partial charge in [-0.15, -0.1) is 11.3 Å². The zero-order valence-electron chi connectivity index (χ0n) is 19.3. The Kier molecular flexibility index (Phi) is 11.0. The van der Waals surface area contributed by atoms with Crippen LogP contribution in [-0.2, 0) is 0 Å². The molecule has 0 fully saturated rings. The van der Waals surface area contributed by atoms with Crippen molar-refractivity contribution in [1.82, 2.24) is 0 Å². The maximum atomic E-state index is 2.26. The van der Waals surface area contributed by atoms with Crippen molar-refractivity contribution < 1.29 is 0 Å². The summed E-state index contributed by atoms with van der Waals surface area (Å²) in [6, 6.07) is 26.4. The van der Waals surface area contributed by atoms with Crippen molar-refractivity contribution in [2.45, 2.75) is 55.4 Å². The third kappa shape index (κ3) is 4.97. The summed E-state index contributed by atoms with van der Waals surface area (Å²) in [5.41, 5.74) is 0. The molecule has 0 radical (unpaired) electrons. The standard InChI is InChI=1S/C20H12S.4C2H6/c1-3-7-15-13(5-1)9-11-17-19(15)20-16-8-4-2-6-14(16)10-12-18(20)21-17;4*1-2/h1-12H;4*1-2H3. The van der Waals surface area contributed by atoms with E-state index in [0.29, 0.717) is 0 Å². The van der Waals surface area contributed by atoms with Crippen LogP contribution in [-0.4, -0.2) is 0 Å². The van der Waals surface area contributed by atoms with Gasteiger partial charge in [-0.1, -0.05) is 116 Å². The Morgan fingerprint density at radius 2 is 0.759 bits per heavy atom. The number of fused-ring (bicyclic) bond motifs is 7. The summed E-state index contributed by atoms with van der Waals surface area (Å²) in [6.45, 7) is 16.0. The molecule has 0 saturated heterocycles. The zero-order chi connectivity index (χ0) is 21.8. The lowest BCUT2D eigenvalue weighted by atomic mass is 10.00. The molecule has 0 aliphatic carbocycles. The van der Waals surface area contributed by atoms with Crippen LogP contribution < -0.4 is 0 Å². The molecule has 5 rings (SSSR count). The monoisotopic (exact) mass is 404 g/mol. The first-order chi connectivity index (χ1) is 14.4. The molecule has 0 aliphatic rings. The molecule has 5 aromatic rings. The second kappa shape index (κ2) is 13.0. The third-order valence-electron chi connectivity index (χ3n) is 4.25. The first kappa shape index (κ1) is 24.7. The average Bonchev–Trinajstić information content (AvgIpc) is 3.24. The number of thiophene rings is 1. The number of benzene rings is 4. The van der Waals surface area contributed by atoms with Crippen molar-refractivity contribution in [2.75, 3.05) is 0 Å². The minimum absolute atomic E-state index is 1.32. The fourth-order valence-electron chi connectivity index (χ4n) is 3.31. The van der Waals surface area contributed by atoms with Crippen LogP contribution in [0.1, 0.15) is 55.4 Å².